The lowest BCUT2D eigenvalue weighted by Crippen LogP contribution is -2.34. The minimum Gasteiger partial charge on any atom is -0.387 e. The number of nitrogens with one attached hydrogen (secondary N) is 1. The maximum Gasteiger partial charge on any atom is 0.403 e. The fourth-order valence-corrected chi connectivity index (χ4v) is 4.38. The molecule has 0 aromatic carbocycles. The Labute approximate surface area is 213 Å². The standard InChI is InChI=1S/C20H36N7O9P/c21-3-1-5-32-7-9-34-10-8-33-6-2-4-26-37(30,31)35-11-14-16(28)17(29)20(36-14)27-13-25-15-18(22)23-12-24-19(15)27/h12-14,16-17,20,28-29H,1-11,21H2,(H2,22,23,24)(H2,26,30,31)/t14-,16-,17-,20-/m1/s1. The van der Waals surface area contributed by atoms with Crippen molar-refractivity contribution in [2.45, 2.75) is 37.4 Å². The molecule has 1 fully saturated rings. The van der Waals surface area contributed by atoms with Gasteiger partial charge in [-0.25, -0.2) is 24.6 Å². The lowest BCUT2D eigenvalue weighted by molar-refractivity contribution is -0.0487. The first-order valence-electron chi connectivity index (χ1n) is 11.9. The summed E-state index contributed by atoms with van der Waals surface area (Å²) in [6, 6.07) is 0. The first kappa shape index (κ1) is 29.7. The summed E-state index contributed by atoms with van der Waals surface area (Å²) in [5, 5.41) is 23.3. The number of aliphatic hydroxyl groups is 2. The fraction of sp³-hybridized carbons (Fsp3) is 0.750. The van der Waals surface area contributed by atoms with E-state index in [1.165, 1.54) is 17.2 Å². The van der Waals surface area contributed by atoms with Crippen LogP contribution in [0.25, 0.3) is 11.2 Å². The zero-order chi connectivity index (χ0) is 26.7. The molecule has 3 rings (SSSR count). The number of nitrogen functional groups attached to an aromatic ring is 1. The van der Waals surface area contributed by atoms with Gasteiger partial charge in [0.25, 0.3) is 0 Å². The SMILES string of the molecule is NCCCOCCOCCOCCCNP(=O)(O)OC[C@H]1O[C@@H](n2cnc3c(N)ncnc32)[C@H](O)[C@@H]1O. The largest absolute Gasteiger partial charge is 0.403 e. The van der Waals surface area contributed by atoms with E-state index in [0.29, 0.717) is 63.8 Å². The van der Waals surface area contributed by atoms with E-state index in [1.807, 2.05) is 0 Å². The molecule has 210 valence electrons. The van der Waals surface area contributed by atoms with Crippen LogP contribution in [-0.4, -0.2) is 112 Å². The molecule has 1 saturated heterocycles. The lowest BCUT2D eigenvalue weighted by atomic mass is 10.1. The first-order chi connectivity index (χ1) is 17.8. The summed E-state index contributed by atoms with van der Waals surface area (Å²) < 4.78 is 40.5. The van der Waals surface area contributed by atoms with Gasteiger partial charge in [0.05, 0.1) is 39.4 Å². The van der Waals surface area contributed by atoms with Crippen molar-refractivity contribution in [1.29, 1.82) is 0 Å². The van der Waals surface area contributed by atoms with E-state index >= 15 is 0 Å². The van der Waals surface area contributed by atoms with Crippen LogP contribution >= 0.6 is 7.75 Å². The van der Waals surface area contributed by atoms with Crippen molar-refractivity contribution in [2.24, 2.45) is 5.73 Å². The monoisotopic (exact) mass is 549 g/mol. The Kier molecular flexibility index (Phi) is 12.0. The lowest BCUT2D eigenvalue weighted by Gasteiger charge is -2.18. The normalized spacial score (nSPS) is 23.6. The Morgan fingerprint density at radius 1 is 1.03 bits per heavy atom. The molecule has 1 aliphatic heterocycles. The minimum atomic E-state index is -4.18. The van der Waals surface area contributed by atoms with Crippen LogP contribution in [0.3, 0.4) is 0 Å². The number of nitrogens with two attached hydrogens (primary N) is 2. The van der Waals surface area contributed by atoms with Gasteiger partial charge in [-0.1, -0.05) is 0 Å². The third-order valence-electron chi connectivity index (χ3n) is 5.43. The molecule has 16 nitrogen and oxygen atoms in total. The van der Waals surface area contributed by atoms with Gasteiger partial charge in [0.1, 0.15) is 30.2 Å². The van der Waals surface area contributed by atoms with E-state index in [9.17, 15) is 19.7 Å². The molecule has 0 amide bonds. The Hall–Kier alpha value is -1.82. The summed E-state index contributed by atoms with van der Waals surface area (Å²) in [5.74, 6) is 0.155. The Bertz CT molecular complexity index is 1000. The first-order valence-corrected chi connectivity index (χ1v) is 13.5. The molecule has 1 aliphatic rings. The second-order valence-corrected chi connectivity index (χ2v) is 9.80. The molecule has 0 aliphatic carbocycles. The summed E-state index contributed by atoms with van der Waals surface area (Å²) in [6.45, 7) is 3.07. The molecule has 0 bridgehead atoms. The summed E-state index contributed by atoms with van der Waals surface area (Å²) in [5.41, 5.74) is 11.8. The predicted octanol–water partition coefficient (Wildman–Crippen LogP) is -1.48. The van der Waals surface area contributed by atoms with Gasteiger partial charge in [0.2, 0.25) is 0 Å². The second-order valence-electron chi connectivity index (χ2n) is 8.19. The van der Waals surface area contributed by atoms with Crippen molar-refractivity contribution in [3.8, 4) is 0 Å². The van der Waals surface area contributed by atoms with Gasteiger partial charge in [-0.05, 0) is 19.4 Å². The van der Waals surface area contributed by atoms with Gasteiger partial charge in [-0.3, -0.25) is 9.09 Å². The highest BCUT2D eigenvalue weighted by Gasteiger charge is 2.45. The Balaban J connectivity index is 1.30. The Morgan fingerprint density at radius 3 is 2.41 bits per heavy atom. The molecular weight excluding hydrogens is 513 g/mol. The number of aliphatic hydroxyl groups excluding tert-OH is 2. The molecule has 8 N–H and O–H groups in total. The van der Waals surface area contributed by atoms with Gasteiger partial charge in [0.15, 0.2) is 17.7 Å². The van der Waals surface area contributed by atoms with Gasteiger partial charge in [-0.15, -0.1) is 0 Å². The third kappa shape index (κ3) is 8.87. The van der Waals surface area contributed by atoms with Crippen molar-refractivity contribution in [1.82, 2.24) is 24.6 Å². The third-order valence-corrected chi connectivity index (χ3v) is 6.55. The van der Waals surface area contributed by atoms with Crippen LogP contribution in [0, 0.1) is 0 Å². The van der Waals surface area contributed by atoms with E-state index in [4.69, 9.17) is 34.9 Å². The highest BCUT2D eigenvalue weighted by Crippen LogP contribution is 2.39. The van der Waals surface area contributed by atoms with Crippen LogP contribution in [0.5, 0.6) is 0 Å². The molecule has 1 unspecified atom stereocenters. The molecule has 37 heavy (non-hydrogen) atoms. The van der Waals surface area contributed by atoms with Gasteiger partial charge in [0, 0.05) is 19.8 Å². The molecule has 17 heteroatoms. The molecule has 2 aromatic rings. The number of aromatic nitrogens is 4. The zero-order valence-electron chi connectivity index (χ0n) is 20.4. The number of ether oxygens (including phenoxy) is 4. The van der Waals surface area contributed by atoms with Crippen LogP contribution in [0.15, 0.2) is 12.7 Å². The van der Waals surface area contributed by atoms with Gasteiger partial charge >= 0.3 is 7.75 Å². The molecule has 2 aromatic heterocycles. The summed E-state index contributed by atoms with van der Waals surface area (Å²) in [6.07, 6.45) is -1.01. The predicted molar refractivity (Wildman–Crippen MR) is 130 cm³/mol. The number of anilines is 1. The highest BCUT2D eigenvalue weighted by molar-refractivity contribution is 7.50. The second kappa shape index (κ2) is 14.9. The number of hydrogen-bond donors (Lipinski definition) is 6. The number of fused-ring (bicyclic) bond motifs is 1. The average Bonchev–Trinajstić information content (AvgIpc) is 3.42. The van der Waals surface area contributed by atoms with Crippen LogP contribution in [0.4, 0.5) is 5.82 Å². The summed E-state index contributed by atoms with van der Waals surface area (Å²) in [4.78, 5) is 22.1. The number of imidazole rings is 1. The fourth-order valence-electron chi connectivity index (χ4n) is 3.49. The van der Waals surface area contributed by atoms with E-state index < -0.39 is 38.9 Å². The van der Waals surface area contributed by atoms with Crippen molar-refractivity contribution >= 4 is 24.7 Å². The molecular formula is C20H36N7O9P. The van der Waals surface area contributed by atoms with E-state index in [-0.39, 0.29) is 12.4 Å². The molecule has 3 heterocycles. The minimum absolute atomic E-state index is 0.155. The maximum absolute atomic E-state index is 12.3. The van der Waals surface area contributed by atoms with Crippen molar-refractivity contribution < 1.29 is 43.1 Å². The van der Waals surface area contributed by atoms with Crippen LogP contribution in [0.1, 0.15) is 19.1 Å². The van der Waals surface area contributed by atoms with Crippen molar-refractivity contribution in [3.63, 3.8) is 0 Å². The van der Waals surface area contributed by atoms with E-state index in [2.05, 4.69) is 20.0 Å². The molecule has 0 saturated carbocycles. The summed E-state index contributed by atoms with van der Waals surface area (Å²) in [7, 11) is -4.18. The highest BCUT2D eigenvalue weighted by atomic mass is 31.2. The van der Waals surface area contributed by atoms with Gasteiger partial charge in [-0.2, -0.15) is 0 Å². The molecule has 0 spiro atoms. The van der Waals surface area contributed by atoms with Crippen LogP contribution in [0.2, 0.25) is 0 Å². The van der Waals surface area contributed by atoms with Gasteiger partial charge < -0.3 is 45.5 Å². The van der Waals surface area contributed by atoms with Crippen LogP contribution < -0.4 is 16.6 Å². The number of rotatable bonds is 18. The Morgan fingerprint density at radius 2 is 1.70 bits per heavy atom. The topological polar surface area (TPSA) is 232 Å². The number of hydrogen-bond acceptors (Lipinski definition) is 13. The van der Waals surface area contributed by atoms with Crippen molar-refractivity contribution in [2.75, 3.05) is 65.1 Å². The smallest absolute Gasteiger partial charge is 0.387 e. The molecule has 0 radical (unpaired) electrons. The zero-order valence-corrected chi connectivity index (χ0v) is 21.3. The maximum atomic E-state index is 12.3. The quantitative estimate of drug-likeness (QED) is 0.0919. The van der Waals surface area contributed by atoms with E-state index in [1.54, 1.807) is 0 Å². The average molecular weight is 550 g/mol. The summed E-state index contributed by atoms with van der Waals surface area (Å²) >= 11 is 0. The van der Waals surface area contributed by atoms with Crippen molar-refractivity contribution in [3.05, 3.63) is 12.7 Å². The molecule has 5 atom stereocenters. The van der Waals surface area contributed by atoms with E-state index in [0.717, 1.165) is 6.42 Å². The number of nitrogens with zero attached hydrogens (tertiary/aromatic N) is 4. The van der Waals surface area contributed by atoms with Crippen LogP contribution in [-0.2, 0) is 28.0 Å².